The number of anilines is 1. The Hall–Kier alpha value is -1.02. The molecule has 0 spiro atoms. The lowest BCUT2D eigenvalue weighted by molar-refractivity contribution is -0.102. The zero-order valence-corrected chi connectivity index (χ0v) is 29.2. The fourth-order valence-corrected chi connectivity index (χ4v) is 7.25. The molecule has 3 heterocycles. The van der Waals surface area contributed by atoms with Gasteiger partial charge in [0.15, 0.2) is 17.7 Å². The number of halogens is 2. The van der Waals surface area contributed by atoms with Gasteiger partial charge in [-0.1, -0.05) is 0 Å². The first-order valence-corrected chi connectivity index (χ1v) is 19.3. The highest BCUT2D eigenvalue weighted by molar-refractivity contribution is 7.66. The van der Waals surface area contributed by atoms with Gasteiger partial charge in [0.05, 0.1) is 25.1 Å². The third-order valence-corrected chi connectivity index (χ3v) is 10.4. The molecule has 0 aliphatic carbocycles. The van der Waals surface area contributed by atoms with E-state index in [9.17, 15) is 49.2 Å². The third-order valence-electron chi connectivity index (χ3n) is 6.20. The Bertz CT molecular complexity index is 1440. The normalized spacial score (nSPS) is 24.7. The average molecular weight is 812 g/mol. The number of nitrogen functional groups attached to an aromatic ring is 1. The van der Waals surface area contributed by atoms with E-state index in [0.717, 1.165) is 6.33 Å². The van der Waals surface area contributed by atoms with Crippen molar-refractivity contribution in [3.8, 4) is 0 Å². The van der Waals surface area contributed by atoms with Gasteiger partial charge in [0.25, 0.3) is 0 Å². The summed E-state index contributed by atoms with van der Waals surface area (Å²) in [5.41, 5.74) is 6.00. The van der Waals surface area contributed by atoms with Crippen molar-refractivity contribution in [1.29, 1.82) is 0 Å². The Morgan fingerprint density at radius 2 is 1.43 bits per heavy atom. The number of hydrogen-bond donors (Lipinski definition) is 13. The molecule has 1 aliphatic heterocycles. The molecule has 0 bridgehead atoms. The van der Waals surface area contributed by atoms with E-state index in [1.807, 2.05) is 0 Å². The smallest absolute Gasteiger partial charge is 0.389 e. The van der Waals surface area contributed by atoms with Crippen molar-refractivity contribution < 1.29 is 81.8 Å². The number of rotatable bonds is 19. The summed E-state index contributed by atoms with van der Waals surface area (Å²) < 4.78 is 51.9. The average Bonchev–Trinajstić information content (AvgIpc) is 3.55. The van der Waals surface area contributed by atoms with E-state index < -0.39 is 79.0 Å². The van der Waals surface area contributed by atoms with Crippen LogP contribution in [-0.2, 0) is 31.6 Å². The first-order chi connectivity index (χ1) is 22.7. The highest BCUT2D eigenvalue weighted by atomic mass is 35.5. The number of ether oxygens (including phenoxy) is 1. The van der Waals surface area contributed by atoms with Crippen molar-refractivity contribution in [2.75, 3.05) is 50.3 Å². The van der Waals surface area contributed by atoms with Crippen LogP contribution in [0.5, 0.6) is 0 Å². The van der Waals surface area contributed by atoms with Crippen LogP contribution in [0.4, 0.5) is 5.82 Å². The molecule has 0 aromatic carbocycles. The lowest BCUT2D eigenvalue weighted by Crippen LogP contribution is -2.50. The van der Waals surface area contributed by atoms with Crippen LogP contribution in [0.1, 0.15) is 6.23 Å². The van der Waals surface area contributed by atoms with Crippen LogP contribution in [0.2, 0.25) is 0 Å². The maximum atomic E-state index is 11.8. The van der Waals surface area contributed by atoms with Gasteiger partial charge in [-0.3, -0.25) is 9.09 Å². The molecule has 0 saturated carbocycles. The fourth-order valence-electron chi connectivity index (χ4n) is 3.95. The summed E-state index contributed by atoms with van der Waals surface area (Å²) in [6.07, 6.45) is -8.90. The van der Waals surface area contributed by atoms with Gasteiger partial charge in [-0.05, 0) is 0 Å². The molecule has 2 aromatic heterocycles. The number of nitrogens with one attached hydrogen (secondary N) is 2. The zero-order chi connectivity index (χ0) is 37.2. The van der Waals surface area contributed by atoms with Crippen LogP contribution in [0.3, 0.4) is 0 Å². The molecule has 0 amide bonds. The second-order valence-electron chi connectivity index (χ2n) is 9.92. The SMILES string of the molecule is Nc1ncnc2c1ncn2[C@@H]1O[C@H](COP(=O)(O)OP(=O)(O)OP(=O)(O)O)[C@H](O)[C@H]1O.O[C@@H]([C@H](O)[C@H](O)CNCCCl)[C@H](O)CNCCCl. The summed E-state index contributed by atoms with van der Waals surface area (Å²) in [5.74, 6) is 0.813. The Kier molecular flexibility index (Phi) is 17.8. The van der Waals surface area contributed by atoms with E-state index in [-0.39, 0.29) is 30.1 Å². The first kappa shape index (κ1) is 44.1. The van der Waals surface area contributed by atoms with Crippen LogP contribution in [0.25, 0.3) is 11.2 Å². The number of phosphoric acid groups is 3. The first-order valence-electron chi connectivity index (χ1n) is 13.7. The molecular formula is C20H38Cl2N7O17P3. The number of nitrogens with two attached hydrogens (primary N) is 1. The van der Waals surface area contributed by atoms with Crippen LogP contribution in [0, 0.1) is 0 Å². The van der Waals surface area contributed by atoms with Gasteiger partial charge >= 0.3 is 23.5 Å². The predicted octanol–water partition coefficient (Wildman–Crippen LogP) is -3.54. The van der Waals surface area contributed by atoms with Gasteiger partial charge in [0.2, 0.25) is 0 Å². The van der Waals surface area contributed by atoms with Gasteiger partial charge in [-0.15, -0.1) is 23.2 Å². The van der Waals surface area contributed by atoms with E-state index >= 15 is 0 Å². The van der Waals surface area contributed by atoms with Crippen LogP contribution >= 0.6 is 46.7 Å². The maximum absolute atomic E-state index is 11.8. The van der Waals surface area contributed by atoms with Gasteiger partial charge in [0, 0.05) is 37.9 Å². The van der Waals surface area contributed by atoms with Gasteiger partial charge in [-0.2, -0.15) is 8.62 Å². The maximum Gasteiger partial charge on any atom is 0.490 e. The monoisotopic (exact) mass is 811 g/mol. The van der Waals surface area contributed by atoms with E-state index in [2.05, 4.69) is 38.7 Å². The Balaban J connectivity index is 0.000000397. The van der Waals surface area contributed by atoms with Crippen LogP contribution in [0.15, 0.2) is 12.7 Å². The minimum Gasteiger partial charge on any atom is -0.389 e. The Morgan fingerprint density at radius 1 is 0.878 bits per heavy atom. The summed E-state index contributed by atoms with van der Waals surface area (Å²) in [7, 11) is -16.7. The van der Waals surface area contributed by atoms with Gasteiger partial charge < -0.3 is 71.3 Å². The summed E-state index contributed by atoms with van der Waals surface area (Å²) in [4.78, 5) is 47.2. The van der Waals surface area contributed by atoms with E-state index in [4.69, 9.17) is 48.4 Å². The predicted molar refractivity (Wildman–Crippen MR) is 167 cm³/mol. The number of aliphatic hydroxyl groups is 6. The van der Waals surface area contributed by atoms with Crippen molar-refractivity contribution in [2.45, 2.75) is 49.0 Å². The lowest BCUT2D eigenvalue weighted by Gasteiger charge is -2.26. The zero-order valence-electron chi connectivity index (χ0n) is 25.0. The van der Waals surface area contributed by atoms with Crippen molar-refractivity contribution >= 4 is 63.7 Å². The summed E-state index contributed by atoms with van der Waals surface area (Å²) in [6.45, 7) is 0.199. The van der Waals surface area contributed by atoms with Crippen molar-refractivity contribution in [3.63, 3.8) is 0 Å². The second-order valence-corrected chi connectivity index (χ2v) is 15.1. The van der Waals surface area contributed by atoms with E-state index in [1.165, 1.54) is 10.9 Å². The van der Waals surface area contributed by atoms with Crippen molar-refractivity contribution in [3.05, 3.63) is 12.7 Å². The molecule has 3 rings (SSSR count). The highest BCUT2D eigenvalue weighted by Crippen LogP contribution is 2.66. The van der Waals surface area contributed by atoms with Crippen molar-refractivity contribution in [2.24, 2.45) is 0 Å². The molecule has 24 nitrogen and oxygen atoms in total. The molecule has 2 unspecified atom stereocenters. The molecule has 29 heteroatoms. The number of nitrogens with zero attached hydrogens (tertiary/aromatic N) is 4. The molecular weight excluding hydrogens is 774 g/mol. The molecule has 14 N–H and O–H groups in total. The summed E-state index contributed by atoms with van der Waals surface area (Å²) in [5, 5.41) is 64.4. The largest absolute Gasteiger partial charge is 0.490 e. The molecule has 49 heavy (non-hydrogen) atoms. The summed E-state index contributed by atoms with van der Waals surface area (Å²) >= 11 is 10.9. The molecule has 10 atom stereocenters. The topological polar surface area (TPSA) is 384 Å². The molecule has 1 saturated heterocycles. The van der Waals surface area contributed by atoms with Crippen LogP contribution < -0.4 is 16.4 Å². The van der Waals surface area contributed by atoms with Gasteiger partial charge in [0.1, 0.15) is 42.4 Å². The third kappa shape index (κ3) is 14.1. The molecule has 0 radical (unpaired) electrons. The number of phosphoric ester groups is 1. The fraction of sp³-hybridized carbons (Fsp3) is 0.750. The van der Waals surface area contributed by atoms with Crippen LogP contribution in [-0.4, -0.2) is 157 Å². The second kappa shape index (κ2) is 19.7. The standard InChI is InChI=1S/C10H22Cl2N2O4.C10H16N5O13P3/c11-1-3-13-5-7(15)9(17)10(18)8(16)6-14-4-2-12;11-8-5-9(13-2-12-8)15(3-14-5)10-7(17)6(16)4(26-10)1-25-30(21,22)28-31(23,24)27-29(18,19)20/h7-10,13-18H,1-6H2;2-4,6-7,10,16-17H,1H2,(H,21,22)(H,23,24)(H2,11,12,13)(H2,18,19,20)/t7-,8-,9-,10-;4-,6+,7-,10-/m11/s1. The van der Waals surface area contributed by atoms with E-state index in [1.54, 1.807) is 0 Å². The van der Waals surface area contributed by atoms with Gasteiger partial charge in [-0.25, -0.2) is 28.6 Å². The Morgan fingerprint density at radius 3 is 1.94 bits per heavy atom. The van der Waals surface area contributed by atoms with Crippen molar-refractivity contribution in [1.82, 2.24) is 30.2 Å². The Labute approximate surface area is 287 Å². The molecule has 1 fully saturated rings. The minimum absolute atomic E-state index is 0.0426. The number of fused-ring (bicyclic) bond motifs is 1. The lowest BCUT2D eigenvalue weighted by atomic mass is 10.0. The highest BCUT2D eigenvalue weighted by Gasteiger charge is 2.47. The molecule has 1 aliphatic rings. The molecule has 2 aromatic rings. The number of aliphatic hydroxyl groups excluding tert-OH is 6. The number of alkyl halides is 2. The number of aromatic nitrogens is 4. The van der Waals surface area contributed by atoms with E-state index in [0.29, 0.717) is 24.8 Å². The quantitative estimate of drug-likeness (QED) is 0.0371. The minimum atomic E-state index is -5.70. The number of hydrogen-bond acceptors (Lipinski definition) is 19. The number of imidazole rings is 1. The molecule has 284 valence electrons. The summed E-state index contributed by atoms with van der Waals surface area (Å²) in [6, 6.07) is 0.